The Morgan fingerprint density at radius 3 is 2.30 bits per heavy atom. The Kier molecular flexibility index (Phi) is 4.31. The van der Waals surface area contributed by atoms with Crippen LogP contribution in [0.1, 0.15) is 27.9 Å². The first-order valence-electron chi connectivity index (χ1n) is 6.44. The molecule has 0 bridgehead atoms. The van der Waals surface area contributed by atoms with Gasteiger partial charge in [-0.1, -0.05) is 24.3 Å². The fourth-order valence-corrected chi connectivity index (χ4v) is 2.01. The van der Waals surface area contributed by atoms with Crippen LogP contribution in [0.25, 0.3) is 0 Å². The molecule has 0 saturated carbocycles. The predicted octanol–water partition coefficient (Wildman–Crippen LogP) is 3.09. The van der Waals surface area contributed by atoms with Crippen molar-refractivity contribution >= 4 is 11.6 Å². The lowest BCUT2D eigenvalue weighted by atomic mass is 9.99. The van der Waals surface area contributed by atoms with Gasteiger partial charge in [-0.15, -0.1) is 0 Å². The maximum Gasteiger partial charge on any atom is 0.170 e. The molecule has 0 aliphatic rings. The zero-order valence-electron chi connectivity index (χ0n) is 11.3. The molecule has 1 N–H and O–H groups in total. The number of hydrogen-bond acceptors (Lipinski definition) is 3. The fraction of sp³-hybridized carbons (Fsp3) is 0.176. The van der Waals surface area contributed by atoms with Crippen LogP contribution in [0.3, 0.4) is 0 Å². The number of ketones is 2. The number of hydrogen-bond donors (Lipinski definition) is 1. The van der Waals surface area contributed by atoms with Crippen LogP contribution in [0.2, 0.25) is 0 Å². The predicted molar refractivity (Wildman–Crippen MR) is 76.9 cm³/mol. The Morgan fingerprint density at radius 2 is 1.65 bits per heavy atom. The number of rotatable bonds is 5. The zero-order chi connectivity index (χ0) is 14.5. The van der Waals surface area contributed by atoms with Crippen LogP contribution in [-0.2, 0) is 11.2 Å². The average molecular weight is 268 g/mol. The van der Waals surface area contributed by atoms with Crippen LogP contribution in [0, 0.1) is 6.92 Å². The molecule has 0 aliphatic carbocycles. The third-order valence-corrected chi connectivity index (χ3v) is 3.20. The van der Waals surface area contributed by atoms with Gasteiger partial charge in [-0.2, -0.15) is 0 Å². The largest absolute Gasteiger partial charge is 0.508 e. The summed E-state index contributed by atoms with van der Waals surface area (Å²) in [6.45, 7) is 1.95. The van der Waals surface area contributed by atoms with Gasteiger partial charge >= 0.3 is 0 Å². The van der Waals surface area contributed by atoms with Crippen molar-refractivity contribution in [2.24, 2.45) is 0 Å². The summed E-state index contributed by atoms with van der Waals surface area (Å²) in [5, 5.41) is 9.17. The Hall–Kier alpha value is -2.42. The number of phenolic OH excluding ortho intramolecular Hbond substituents is 1. The normalized spacial score (nSPS) is 10.2. The van der Waals surface area contributed by atoms with Gasteiger partial charge in [0.05, 0.1) is 6.42 Å². The molecule has 0 radical (unpaired) electrons. The van der Waals surface area contributed by atoms with Gasteiger partial charge in [0.25, 0.3) is 0 Å². The lowest BCUT2D eigenvalue weighted by molar-refractivity contribution is -0.117. The van der Waals surface area contributed by atoms with Gasteiger partial charge in [-0.25, -0.2) is 0 Å². The van der Waals surface area contributed by atoms with Gasteiger partial charge in [-0.3, -0.25) is 9.59 Å². The first kappa shape index (κ1) is 14.0. The van der Waals surface area contributed by atoms with E-state index in [-0.39, 0.29) is 30.2 Å². The Balaban J connectivity index is 2.00. The van der Waals surface area contributed by atoms with E-state index >= 15 is 0 Å². The van der Waals surface area contributed by atoms with E-state index in [0.29, 0.717) is 5.56 Å². The van der Waals surface area contributed by atoms with E-state index in [2.05, 4.69) is 0 Å². The molecule has 2 aromatic rings. The quantitative estimate of drug-likeness (QED) is 0.669. The summed E-state index contributed by atoms with van der Waals surface area (Å²) < 4.78 is 0. The Labute approximate surface area is 117 Å². The summed E-state index contributed by atoms with van der Waals surface area (Å²) >= 11 is 0. The van der Waals surface area contributed by atoms with Gasteiger partial charge in [-0.05, 0) is 42.3 Å². The first-order valence-corrected chi connectivity index (χ1v) is 6.44. The lowest BCUT2D eigenvalue weighted by Crippen LogP contribution is -2.11. The minimum Gasteiger partial charge on any atom is -0.508 e. The zero-order valence-corrected chi connectivity index (χ0v) is 11.3. The monoisotopic (exact) mass is 268 g/mol. The smallest absolute Gasteiger partial charge is 0.170 e. The van der Waals surface area contributed by atoms with E-state index in [9.17, 15) is 9.59 Å². The highest BCUT2D eigenvalue weighted by atomic mass is 16.3. The van der Waals surface area contributed by atoms with E-state index < -0.39 is 0 Å². The maximum atomic E-state index is 11.9. The second-order valence-electron chi connectivity index (χ2n) is 4.79. The molecule has 3 nitrogen and oxygen atoms in total. The molecule has 0 aromatic heterocycles. The number of phenols is 1. The van der Waals surface area contributed by atoms with Crippen molar-refractivity contribution in [2.45, 2.75) is 19.8 Å². The molecule has 2 rings (SSSR count). The van der Waals surface area contributed by atoms with Crippen molar-refractivity contribution in [3.63, 3.8) is 0 Å². The standard InChI is InChI=1S/C17H16O3/c1-12-4-2-3-5-14(12)10-16(19)11-17(20)13-6-8-15(18)9-7-13/h2-9,18H,10-11H2,1H3. The van der Waals surface area contributed by atoms with Gasteiger partial charge < -0.3 is 5.11 Å². The van der Waals surface area contributed by atoms with Crippen LogP contribution in [0.5, 0.6) is 5.75 Å². The van der Waals surface area contributed by atoms with Crippen LogP contribution in [0.15, 0.2) is 48.5 Å². The van der Waals surface area contributed by atoms with Crippen molar-refractivity contribution in [3.8, 4) is 5.75 Å². The molecule has 0 amide bonds. The van der Waals surface area contributed by atoms with Crippen molar-refractivity contribution in [2.75, 3.05) is 0 Å². The van der Waals surface area contributed by atoms with E-state index in [1.165, 1.54) is 24.3 Å². The van der Waals surface area contributed by atoms with Crippen molar-refractivity contribution in [1.82, 2.24) is 0 Å². The molecule has 0 spiro atoms. The summed E-state index contributed by atoms with van der Waals surface area (Å²) in [7, 11) is 0. The molecule has 0 unspecified atom stereocenters. The molecule has 0 fully saturated rings. The molecular formula is C17H16O3. The van der Waals surface area contributed by atoms with Crippen molar-refractivity contribution in [1.29, 1.82) is 0 Å². The van der Waals surface area contributed by atoms with E-state index in [1.807, 2.05) is 31.2 Å². The van der Waals surface area contributed by atoms with Crippen LogP contribution < -0.4 is 0 Å². The lowest BCUT2D eigenvalue weighted by Gasteiger charge is -2.05. The third kappa shape index (κ3) is 3.54. The number of aryl methyl sites for hydroxylation is 1. The third-order valence-electron chi connectivity index (χ3n) is 3.20. The first-order chi connectivity index (χ1) is 9.56. The number of carbonyl (C=O) groups excluding carboxylic acids is 2. The van der Waals surface area contributed by atoms with E-state index in [1.54, 1.807) is 0 Å². The van der Waals surface area contributed by atoms with Crippen LogP contribution in [-0.4, -0.2) is 16.7 Å². The van der Waals surface area contributed by atoms with Crippen LogP contribution >= 0.6 is 0 Å². The highest BCUT2D eigenvalue weighted by molar-refractivity contribution is 6.08. The number of benzene rings is 2. The molecule has 102 valence electrons. The van der Waals surface area contributed by atoms with Gasteiger partial charge in [0.2, 0.25) is 0 Å². The molecule has 0 atom stereocenters. The van der Waals surface area contributed by atoms with Crippen molar-refractivity contribution < 1.29 is 14.7 Å². The molecule has 20 heavy (non-hydrogen) atoms. The molecule has 0 aliphatic heterocycles. The van der Waals surface area contributed by atoms with Gasteiger partial charge in [0.1, 0.15) is 11.5 Å². The molecule has 0 heterocycles. The van der Waals surface area contributed by atoms with Crippen LogP contribution in [0.4, 0.5) is 0 Å². The molecule has 3 heteroatoms. The second kappa shape index (κ2) is 6.15. The summed E-state index contributed by atoms with van der Waals surface area (Å²) in [5.41, 5.74) is 2.45. The van der Waals surface area contributed by atoms with E-state index in [0.717, 1.165) is 11.1 Å². The molecular weight excluding hydrogens is 252 g/mol. The van der Waals surface area contributed by atoms with Gasteiger partial charge in [0.15, 0.2) is 5.78 Å². The minimum atomic E-state index is -0.219. The highest BCUT2D eigenvalue weighted by Gasteiger charge is 2.13. The second-order valence-corrected chi connectivity index (χ2v) is 4.79. The number of aromatic hydroxyl groups is 1. The summed E-state index contributed by atoms with van der Waals surface area (Å²) in [4.78, 5) is 23.9. The Bertz CT molecular complexity index is 627. The number of carbonyl (C=O) groups is 2. The summed E-state index contributed by atoms with van der Waals surface area (Å²) in [6, 6.07) is 13.6. The fourth-order valence-electron chi connectivity index (χ4n) is 2.01. The molecule has 2 aromatic carbocycles. The Morgan fingerprint density at radius 1 is 1.00 bits per heavy atom. The highest BCUT2D eigenvalue weighted by Crippen LogP contribution is 2.13. The topological polar surface area (TPSA) is 54.4 Å². The molecule has 0 saturated heterocycles. The SMILES string of the molecule is Cc1ccccc1CC(=O)CC(=O)c1ccc(O)cc1. The summed E-state index contributed by atoms with van der Waals surface area (Å²) in [5.74, 6) is -0.214. The number of Topliss-reactive ketones (excluding diaryl/α,β-unsaturated/α-hetero) is 2. The maximum absolute atomic E-state index is 11.9. The van der Waals surface area contributed by atoms with Gasteiger partial charge in [0, 0.05) is 12.0 Å². The summed E-state index contributed by atoms with van der Waals surface area (Å²) in [6.07, 6.45) is 0.162. The average Bonchev–Trinajstić information content (AvgIpc) is 2.42. The van der Waals surface area contributed by atoms with E-state index in [4.69, 9.17) is 5.11 Å². The van der Waals surface area contributed by atoms with Crippen molar-refractivity contribution in [3.05, 3.63) is 65.2 Å². The minimum absolute atomic E-state index is 0.0997.